The first-order chi connectivity index (χ1) is 14.1. The molecule has 2 N–H and O–H groups in total. The molecule has 4 rings (SSSR count). The summed E-state index contributed by atoms with van der Waals surface area (Å²) in [6.45, 7) is 0. The summed E-state index contributed by atoms with van der Waals surface area (Å²) < 4.78 is 0.709. The monoisotopic (exact) mass is 419 g/mol. The molecule has 0 bridgehead atoms. The molecule has 0 spiro atoms. The number of nitrogens with one attached hydrogen (secondary N) is 2. The van der Waals surface area contributed by atoms with Crippen molar-refractivity contribution in [3.05, 3.63) is 81.6 Å². The lowest BCUT2D eigenvalue weighted by atomic mass is 10.1. The summed E-state index contributed by atoms with van der Waals surface area (Å²) in [5, 5.41) is 20.7. The van der Waals surface area contributed by atoms with E-state index in [0.29, 0.717) is 31.7 Å². The smallest absolute Gasteiger partial charge is 0.258 e. The average molecular weight is 419 g/mol. The Balaban J connectivity index is 1.46. The molecule has 7 nitrogen and oxygen atoms in total. The average Bonchev–Trinajstić information content (AvgIpc) is 3.19. The fourth-order valence-corrected chi connectivity index (χ4v) is 4.40. The van der Waals surface area contributed by atoms with Crippen molar-refractivity contribution in [1.82, 2.24) is 15.2 Å². The van der Waals surface area contributed by atoms with Gasteiger partial charge < -0.3 is 4.98 Å². The van der Waals surface area contributed by atoms with Gasteiger partial charge in [-0.15, -0.1) is 10.2 Å². The van der Waals surface area contributed by atoms with Crippen LogP contribution in [0, 0.1) is 11.3 Å². The summed E-state index contributed by atoms with van der Waals surface area (Å²) in [5.74, 6) is 0.263. The van der Waals surface area contributed by atoms with Crippen LogP contribution in [0.4, 0.5) is 5.13 Å². The third-order valence-corrected chi connectivity index (χ3v) is 6.11. The Kier molecular flexibility index (Phi) is 5.37. The SMILES string of the molecule is N#Cc1ccc(CSc2nnc(NC(=O)c3cc(=O)[nH]c4ccccc34)s2)cc1. The molecule has 0 radical (unpaired) electrons. The molecule has 0 atom stereocenters. The van der Waals surface area contributed by atoms with Crippen LogP contribution in [0.25, 0.3) is 10.9 Å². The van der Waals surface area contributed by atoms with Crippen LogP contribution in [-0.4, -0.2) is 21.1 Å². The Morgan fingerprint density at radius 2 is 1.97 bits per heavy atom. The zero-order chi connectivity index (χ0) is 20.2. The number of amides is 1. The predicted molar refractivity (Wildman–Crippen MR) is 113 cm³/mol. The first-order valence-corrected chi connectivity index (χ1v) is 10.3. The number of anilines is 1. The number of pyridine rings is 1. The highest BCUT2D eigenvalue weighted by Gasteiger charge is 2.14. The van der Waals surface area contributed by atoms with Crippen LogP contribution in [0.3, 0.4) is 0 Å². The molecule has 4 aromatic rings. The summed E-state index contributed by atoms with van der Waals surface area (Å²) in [6.07, 6.45) is 0. The summed E-state index contributed by atoms with van der Waals surface area (Å²) >= 11 is 2.75. The van der Waals surface area contributed by atoms with Crippen LogP contribution in [0.1, 0.15) is 21.5 Å². The summed E-state index contributed by atoms with van der Waals surface area (Å²) in [6, 6.07) is 17.8. The van der Waals surface area contributed by atoms with Crippen molar-refractivity contribution in [2.75, 3.05) is 5.32 Å². The molecule has 0 unspecified atom stereocenters. The number of nitrogens with zero attached hydrogens (tertiary/aromatic N) is 3. The van der Waals surface area contributed by atoms with E-state index < -0.39 is 5.91 Å². The van der Waals surface area contributed by atoms with Crippen LogP contribution >= 0.6 is 23.1 Å². The van der Waals surface area contributed by atoms with E-state index in [9.17, 15) is 9.59 Å². The van der Waals surface area contributed by atoms with Gasteiger partial charge in [0.05, 0.1) is 17.2 Å². The summed E-state index contributed by atoms with van der Waals surface area (Å²) in [7, 11) is 0. The van der Waals surface area contributed by atoms with Gasteiger partial charge >= 0.3 is 0 Å². The molecule has 0 fully saturated rings. The van der Waals surface area contributed by atoms with Gasteiger partial charge in [0, 0.05) is 22.7 Å². The molecule has 0 aliphatic carbocycles. The fraction of sp³-hybridized carbons (Fsp3) is 0.0500. The quantitative estimate of drug-likeness (QED) is 0.376. The Morgan fingerprint density at radius 1 is 1.17 bits per heavy atom. The molecule has 142 valence electrons. The topological polar surface area (TPSA) is 112 Å². The van der Waals surface area contributed by atoms with E-state index in [1.54, 1.807) is 36.4 Å². The number of carbonyl (C=O) groups excluding carboxylic acids is 1. The van der Waals surface area contributed by atoms with E-state index in [1.165, 1.54) is 29.2 Å². The number of aromatic amines is 1. The maximum Gasteiger partial charge on any atom is 0.258 e. The normalized spacial score (nSPS) is 10.6. The van der Waals surface area contributed by atoms with Crippen LogP contribution < -0.4 is 10.9 Å². The van der Waals surface area contributed by atoms with E-state index in [-0.39, 0.29) is 11.1 Å². The molecule has 29 heavy (non-hydrogen) atoms. The lowest BCUT2D eigenvalue weighted by molar-refractivity contribution is 0.102. The van der Waals surface area contributed by atoms with Crippen molar-refractivity contribution in [3.63, 3.8) is 0 Å². The van der Waals surface area contributed by atoms with Gasteiger partial charge in [-0.05, 0) is 23.8 Å². The van der Waals surface area contributed by atoms with Crippen LogP contribution in [0.5, 0.6) is 0 Å². The van der Waals surface area contributed by atoms with Crippen molar-refractivity contribution in [2.45, 2.75) is 10.1 Å². The molecule has 2 heterocycles. The number of nitriles is 1. The van der Waals surface area contributed by atoms with Gasteiger partial charge in [-0.1, -0.05) is 53.4 Å². The maximum absolute atomic E-state index is 12.7. The van der Waals surface area contributed by atoms with Gasteiger partial charge in [0.15, 0.2) is 4.34 Å². The zero-order valence-corrected chi connectivity index (χ0v) is 16.5. The second-order valence-corrected chi connectivity index (χ2v) is 8.22. The number of thioether (sulfide) groups is 1. The molecule has 0 saturated carbocycles. The van der Waals surface area contributed by atoms with Crippen LogP contribution in [0.15, 0.2) is 63.7 Å². The highest BCUT2D eigenvalue weighted by Crippen LogP contribution is 2.29. The molecule has 2 aromatic heterocycles. The molecular weight excluding hydrogens is 406 g/mol. The second-order valence-electron chi connectivity index (χ2n) is 6.02. The van der Waals surface area contributed by atoms with Gasteiger partial charge in [0.25, 0.3) is 5.91 Å². The second kappa shape index (κ2) is 8.26. The largest absolute Gasteiger partial charge is 0.322 e. The summed E-state index contributed by atoms with van der Waals surface area (Å²) in [5.41, 5.74) is 2.22. The molecular formula is C20H13N5O2S2. The van der Waals surface area contributed by atoms with E-state index in [1.807, 2.05) is 12.1 Å². The molecule has 2 aromatic carbocycles. The summed E-state index contributed by atoms with van der Waals surface area (Å²) in [4.78, 5) is 27.2. The van der Waals surface area contributed by atoms with Crippen molar-refractivity contribution >= 4 is 45.0 Å². The standard InChI is InChI=1S/C20H13N5O2S2/c21-10-12-5-7-13(8-6-12)11-28-20-25-24-19(29-20)23-18(27)15-9-17(26)22-16-4-2-1-3-14(15)16/h1-9H,11H2,(H,22,26)(H,23,24,27). The number of aromatic nitrogens is 3. The lowest BCUT2D eigenvalue weighted by Crippen LogP contribution is -2.16. The van der Waals surface area contributed by atoms with E-state index >= 15 is 0 Å². The van der Waals surface area contributed by atoms with Gasteiger partial charge in [-0.3, -0.25) is 14.9 Å². The van der Waals surface area contributed by atoms with E-state index in [2.05, 4.69) is 26.6 Å². The number of rotatable bonds is 5. The maximum atomic E-state index is 12.7. The van der Waals surface area contributed by atoms with Crippen molar-refractivity contribution < 1.29 is 4.79 Å². The lowest BCUT2D eigenvalue weighted by Gasteiger charge is -2.05. The zero-order valence-electron chi connectivity index (χ0n) is 14.9. The molecule has 0 saturated heterocycles. The molecule has 9 heteroatoms. The Bertz CT molecular complexity index is 1290. The number of para-hydroxylation sites is 1. The van der Waals surface area contributed by atoms with Crippen molar-refractivity contribution in [1.29, 1.82) is 5.26 Å². The van der Waals surface area contributed by atoms with Crippen molar-refractivity contribution in [3.8, 4) is 6.07 Å². The van der Waals surface area contributed by atoms with Gasteiger partial charge in [-0.25, -0.2) is 0 Å². The minimum Gasteiger partial charge on any atom is -0.322 e. The Morgan fingerprint density at radius 3 is 2.76 bits per heavy atom. The highest BCUT2D eigenvalue weighted by molar-refractivity contribution is 8.00. The van der Waals surface area contributed by atoms with Gasteiger partial charge in [0.2, 0.25) is 10.7 Å². The van der Waals surface area contributed by atoms with Gasteiger partial charge in [-0.2, -0.15) is 5.26 Å². The third kappa shape index (κ3) is 4.34. The highest BCUT2D eigenvalue weighted by atomic mass is 32.2. The number of H-pyrrole nitrogens is 1. The molecule has 1 amide bonds. The molecule has 0 aliphatic rings. The number of hydrogen-bond donors (Lipinski definition) is 2. The minimum absolute atomic E-state index is 0.284. The number of hydrogen-bond acceptors (Lipinski definition) is 7. The van der Waals surface area contributed by atoms with Crippen LogP contribution in [-0.2, 0) is 5.75 Å². The Hall–Kier alpha value is -3.48. The van der Waals surface area contributed by atoms with E-state index in [4.69, 9.17) is 5.26 Å². The Labute approximate surface area is 173 Å². The first kappa shape index (κ1) is 18.9. The minimum atomic E-state index is -0.410. The van der Waals surface area contributed by atoms with Gasteiger partial charge in [0.1, 0.15) is 0 Å². The first-order valence-electron chi connectivity index (χ1n) is 8.51. The number of benzene rings is 2. The van der Waals surface area contributed by atoms with Crippen LogP contribution in [0.2, 0.25) is 0 Å². The fourth-order valence-electron chi connectivity index (χ4n) is 2.70. The molecule has 0 aliphatic heterocycles. The predicted octanol–water partition coefficient (Wildman–Crippen LogP) is 3.80. The van der Waals surface area contributed by atoms with E-state index in [0.717, 1.165) is 5.56 Å². The third-order valence-electron chi connectivity index (χ3n) is 4.07. The van der Waals surface area contributed by atoms with Crippen molar-refractivity contribution in [2.24, 2.45) is 0 Å². The number of fused-ring (bicyclic) bond motifs is 1. The number of carbonyl (C=O) groups is 1.